The number of aliphatic hydroxyl groups excluding tert-OH is 1. The van der Waals surface area contributed by atoms with Gasteiger partial charge < -0.3 is 9.84 Å². The molecular weight excluding hydrogens is 204 g/mol. The molecule has 1 saturated heterocycles. The minimum Gasteiger partial charge on any atom is -0.449 e. The van der Waals surface area contributed by atoms with Gasteiger partial charge in [0.15, 0.2) is 6.10 Å². The van der Waals surface area contributed by atoms with Gasteiger partial charge in [-0.2, -0.15) is 0 Å². The van der Waals surface area contributed by atoms with E-state index >= 15 is 0 Å². The highest BCUT2D eigenvalue weighted by molar-refractivity contribution is 5.71. The molecule has 1 aromatic rings. The molecule has 2 unspecified atom stereocenters. The number of carbonyl (C=O) groups excluding carboxylic acids is 1. The van der Waals surface area contributed by atoms with Crippen molar-refractivity contribution in [2.24, 2.45) is 0 Å². The van der Waals surface area contributed by atoms with E-state index < -0.39 is 12.2 Å². The number of hydrogen-bond acceptors (Lipinski definition) is 3. The van der Waals surface area contributed by atoms with Gasteiger partial charge in [-0.3, -0.25) is 4.79 Å². The Bertz CT molecular complexity index is 427. The molecule has 1 aliphatic rings. The monoisotopic (exact) mass is 216 g/mol. The van der Waals surface area contributed by atoms with Crippen LogP contribution in [0.15, 0.2) is 30.3 Å². The third-order valence-electron chi connectivity index (χ3n) is 2.31. The van der Waals surface area contributed by atoms with Crippen LogP contribution in [0.5, 0.6) is 0 Å². The van der Waals surface area contributed by atoms with Gasteiger partial charge in [0.1, 0.15) is 0 Å². The minimum atomic E-state index is -0.628. The summed E-state index contributed by atoms with van der Waals surface area (Å²) in [5.41, 5.74) is 0.874. The average molecular weight is 216 g/mol. The van der Waals surface area contributed by atoms with E-state index in [2.05, 4.69) is 11.8 Å². The zero-order valence-corrected chi connectivity index (χ0v) is 8.72. The molecule has 0 aliphatic carbocycles. The summed E-state index contributed by atoms with van der Waals surface area (Å²) in [6.45, 7) is 0. The Kier molecular flexibility index (Phi) is 3.23. The third-order valence-corrected chi connectivity index (χ3v) is 2.31. The number of aliphatic hydroxyl groups is 1. The van der Waals surface area contributed by atoms with Crippen LogP contribution in [0.3, 0.4) is 0 Å². The van der Waals surface area contributed by atoms with E-state index in [1.807, 2.05) is 30.3 Å². The van der Waals surface area contributed by atoms with E-state index in [1.165, 1.54) is 0 Å². The summed E-state index contributed by atoms with van der Waals surface area (Å²) in [4.78, 5) is 11.0. The number of rotatable bonds is 0. The first kappa shape index (κ1) is 10.7. The molecule has 0 bridgehead atoms. The highest BCUT2D eigenvalue weighted by Crippen LogP contribution is 2.14. The Hall–Kier alpha value is -1.79. The van der Waals surface area contributed by atoms with E-state index in [4.69, 9.17) is 4.74 Å². The molecule has 1 aromatic carbocycles. The first-order valence-corrected chi connectivity index (χ1v) is 5.18. The van der Waals surface area contributed by atoms with E-state index in [-0.39, 0.29) is 12.4 Å². The molecule has 3 nitrogen and oxygen atoms in total. The van der Waals surface area contributed by atoms with Crippen molar-refractivity contribution in [3.05, 3.63) is 35.9 Å². The number of hydrogen-bond donors (Lipinski definition) is 1. The number of carbonyl (C=O) groups is 1. The summed E-state index contributed by atoms with van der Waals surface area (Å²) in [6.07, 6.45) is -0.650. The van der Waals surface area contributed by atoms with Gasteiger partial charge in [0, 0.05) is 12.0 Å². The number of cyclic esters (lactones) is 1. The van der Waals surface area contributed by atoms with Gasteiger partial charge in [0.2, 0.25) is 0 Å². The topological polar surface area (TPSA) is 46.5 Å². The predicted molar refractivity (Wildman–Crippen MR) is 58.4 cm³/mol. The predicted octanol–water partition coefficient (Wildman–Crippen LogP) is 1.10. The van der Waals surface area contributed by atoms with E-state index in [0.717, 1.165) is 5.56 Å². The summed E-state index contributed by atoms with van der Waals surface area (Å²) in [5, 5.41) is 9.38. The molecule has 16 heavy (non-hydrogen) atoms. The smallest absolute Gasteiger partial charge is 0.309 e. The van der Waals surface area contributed by atoms with Crippen molar-refractivity contribution in [3.8, 4) is 11.8 Å². The highest BCUT2D eigenvalue weighted by Gasteiger charge is 2.25. The molecule has 1 N–H and O–H groups in total. The van der Waals surface area contributed by atoms with Crippen LogP contribution in [0.25, 0.3) is 0 Å². The van der Waals surface area contributed by atoms with Crippen LogP contribution >= 0.6 is 0 Å². The molecule has 1 aliphatic heterocycles. The van der Waals surface area contributed by atoms with Crippen LogP contribution in [0.4, 0.5) is 0 Å². The fourth-order valence-corrected chi connectivity index (χ4v) is 1.55. The SMILES string of the molecule is O=C1CC(O)CC(C#Cc2ccccc2)O1. The van der Waals surface area contributed by atoms with Crippen LogP contribution in [-0.2, 0) is 9.53 Å². The van der Waals surface area contributed by atoms with Gasteiger partial charge in [0.05, 0.1) is 12.5 Å². The maximum Gasteiger partial charge on any atom is 0.309 e. The fourth-order valence-electron chi connectivity index (χ4n) is 1.55. The summed E-state index contributed by atoms with van der Waals surface area (Å²) in [6, 6.07) is 9.47. The summed E-state index contributed by atoms with van der Waals surface area (Å²) < 4.78 is 5.01. The molecule has 82 valence electrons. The second-order valence-electron chi connectivity index (χ2n) is 3.71. The Morgan fingerprint density at radius 1 is 1.31 bits per heavy atom. The molecule has 1 heterocycles. The van der Waals surface area contributed by atoms with E-state index in [9.17, 15) is 9.90 Å². The lowest BCUT2D eigenvalue weighted by Gasteiger charge is -2.21. The molecular formula is C13H12O3. The lowest BCUT2D eigenvalue weighted by molar-refractivity contribution is -0.155. The largest absolute Gasteiger partial charge is 0.449 e. The van der Waals surface area contributed by atoms with Crippen molar-refractivity contribution >= 4 is 5.97 Å². The molecule has 1 fully saturated rings. The second-order valence-corrected chi connectivity index (χ2v) is 3.71. The van der Waals surface area contributed by atoms with E-state index in [0.29, 0.717) is 6.42 Å². The Labute approximate surface area is 94.0 Å². The Balaban J connectivity index is 2.05. The summed E-state index contributed by atoms with van der Waals surface area (Å²) in [5.74, 6) is 5.38. The Morgan fingerprint density at radius 2 is 2.06 bits per heavy atom. The first-order chi connectivity index (χ1) is 7.74. The molecule has 3 heteroatoms. The van der Waals surface area contributed by atoms with Crippen LogP contribution in [0.2, 0.25) is 0 Å². The van der Waals surface area contributed by atoms with Crippen molar-refractivity contribution < 1.29 is 14.6 Å². The molecule has 0 spiro atoms. The van der Waals surface area contributed by atoms with Crippen molar-refractivity contribution in [1.82, 2.24) is 0 Å². The molecule has 0 saturated carbocycles. The van der Waals surface area contributed by atoms with Gasteiger partial charge in [-0.25, -0.2) is 0 Å². The van der Waals surface area contributed by atoms with Crippen molar-refractivity contribution in [1.29, 1.82) is 0 Å². The van der Waals surface area contributed by atoms with Crippen LogP contribution < -0.4 is 0 Å². The van der Waals surface area contributed by atoms with Crippen molar-refractivity contribution in [2.45, 2.75) is 25.0 Å². The standard InChI is InChI=1S/C13H12O3/c14-11-8-12(16-13(15)9-11)7-6-10-4-2-1-3-5-10/h1-5,11-12,14H,8-9H2. The summed E-state index contributed by atoms with van der Waals surface area (Å²) in [7, 11) is 0. The number of benzene rings is 1. The van der Waals surface area contributed by atoms with Gasteiger partial charge in [-0.15, -0.1) is 0 Å². The van der Waals surface area contributed by atoms with Crippen molar-refractivity contribution in [2.75, 3.05) is 0 Å². The number of ether oxygens (including phenoxy) is 1. The van der Waals surface area contributed by atoms with Crippen LogP contribution in [0.1, 0.15) is 18.4 Å². The van der Waals surface area contributed by atoms with Gasteiger partial charge in [-0.1, -0.05) is 30.0 Å². The zero-order chi connectivity index (χ0) is 11.4. The maximum atomic E-state index is 11.0. The molecule has 0 aromatic heterocycles. The highest BCUT2D eigenvalue weighted by atomic mass is 16.5. The number of esters is 1. The van der Waals surface area contributed by atoms with Gasteiger partial charge >= 0.3 is 5.97 Å². The maximum absolute atomic E-state index is 11.0. The van der Waals surface area contributed by atoms with Crippen LogP contribution in [0, 0.1) is 11.8 Å². The molecule has 0 amide bonds. The summed E-state index contributed by atoms with van der Waals surface area (Å²) >= 11 is 0. The van der Waals surface area contributed by atoms with Crippen LogP contribution in [-0.4, -0.2) is 23.3 Å². The third kappa shape index (κ3) is 2.85. The molecule has 2 rings (SSSR count). The van der Waals surface area contributed by atoms with Gasteiger partial charge in [-0.05, 0) is 12.1 Å². The zero-order valence-electron chi connectivity index (χ0n) is 8.72. The second kappa shape index (κ2) is 4.82. The Morgan fingerprint density at radius 3 is 2.75 bits per heavy atom. The van der Waals surface area contributed by atoms with Gasteiger partial charge in [0.25, 0.3) is 0 Å². The van der Waals surface area contributed by atoms with Crippen molar-refractivity contribution in [3.63, 3.8) is 0 Å². The lowest BCUT2D eigenvalue weighted by atomic mass is 10.1. The quantitative estimate of drug-likeness (QED) is 0.522. The minimum absolute atomic E-state index is 0.0729. The van der Waals surface area contributed by atoms with E-state index in [1.54, 1.807) is 0 Å². The fraction of sp³-hybridized carbons (Fsp3) is 0.308. The first-order valence-electron chi connectivity index (χ1n) is 5.18. The normalized spacial score (nSPS) is 24.2. The molecule has 2 atom stereocenters. The molecule has 0 radical (unpaired) electrons. The average Bonchev–Trinajstić information content (AvgIpc) is 2.27. The lowest BCUT2D eigenvalue weighted by Crippen LogP contribution is -2.31.